The van der Waals surface area contributed by atoms with Gasteiger partial charge in [0.25, 0.3) is 0 Å². The van der Waals surface area contributed by atoms with Crippen LogP contribution < -0.4 is 22.1 Å². The van der Waals surface area contributed by atoms with E-state index in [9.17, 15) is 34.2 Å². The normalized spacial score (nSPS) is 17.9. The van der Waals surface area contributed by atoms with E-state index in [-0.39, 0.29) is 31.1 Å². The van der Waals surface area contributed by atoms with Crippen molar-refractivity contribution in [2.45, 2.75) is 63.7 Å². The van der Waals surface area contributed by atoms with Crippen LogP contribution in [0.2, 0.25) is 0 Å². The van der Waals surface area contributed by atoms with Crippen molar-refractivity contribution in [2.24, 2.45) is 17.4 Å². The fourth-order valence-electron chi connectivity index (χ4n) is 3.90. The molecule has 0 aliphatic carbocycles. The van der Waals surface area contributed by atoms with Crippen molar-refractivity contribution in [1.29, 1.82) is 0 Å². The van der Waals surface area contributed by atoms with Gasteiger partial charge in [0, 0.05) is 13.0 Å². The van der Waals surface area contributed by atoms with Crippen LogP contribution >= 0.6 is 0 Å². The van der Waals surface area contributed by atoms with Crippen molar-refractivity contribution in [3.05, 3.63) is 29.8 Å². The lowest BCUT2D eigenvalue weighted by atomic mass is 10.0. The van der Waals surface area contributed by atoms with E-state index in [1.807, 2.05) is 0 Å². The second-order valence-electron chi connectivity index (χ2n) is 8.97. The van der Waals surface area contributed by atoms with Crippen LogP contribution in [0.1, 0.15) is 38.7 Å². The molecule has 4 atom stereocenters. The summed E-state index contributed by atoms with van der Waals surface area (Å²) in [6.07, 6.45) is 0.476. The Morgan fingerprint density at radius 2 is 1.74 bits per heavy atom. The van der Waals surface area contributed by atoms with Crippen LogP contribution in [0.4, 0.5) is 0 Å². The molecule has 8 N–H and O–H groups in total. The van der Waals surface area contributed by atoms with Crippen LogP contribution in [0, 0.1) is 5.92 Å². The third kappa shape index (κ3) is 7.67. The molecule has 1 saturated heterocycles. The number of carboxylic acids is 1. The maximum Gasteiger partial charge on any atom is 0.326 e. The Morgan fingerprint density at radius 1 is 1.11 bits per heavy atom. The minimum Gasteiger partial charge on any atom is -0.508 e. The molecule has 1 aromatic rings. The molecule has 0 aromatic heterocycles. The van der Waals surface area contributed by atoms with Crippen LogP contribution in [-0.4, -0.2) is 75.4 Å². The highest BCUT2D eigenvalue weighted by atomic mass is 16.4. The topological polar surface area (TPSA) is 205 Å². The van der Waals surface area contributed by atoms with Gasteiger partial charge in [-0.3, -0.25) is 19.2 Å². The molecule has 0 saturated carbocycles. The number of rotatable bonds is 11. The Hall–Kier alpha value is -3.67. The van der Waals surface area contributed by atoms with Gasteiger partial charge in [0.05, 0.1) is 12.5 Å². The number of benzene rings is 1. The molecule has 4 unspecified atom stereocenters. The van der Waals surface area contributed by atoms with E-state index in [1.165, 1.54) is 17.0 Å². The standard InChI is InChI=1S/C23H33N5O7/c1-12(2)19(27-20(31)15(24)11-18(25)30)22(33)28-9-3-4-17(28)21(32)26-16(23(34)35)10-13-5-7-14(29)8-6-13/h5-8,12,15-17,19,29H,3-4,9-11,24H2,1-2H3,(H2,25,30)(H,26,32)(H,27,31)(H,34,35). The SMILES string of the molecule is CC(C)C(NC(=O)C(N)CC(N)=O)C(=O)N1CCCC1C(=O)NC(Cc1ccc(O)cc1)C(=O)O. The summed E-state index contributed by atoms with van der Waals surface area (Å²) in [5.74, 6) is -4.13. The van der Waals surface area contributed by atoms with E-state index in [4.69, 9.17) is 11.5 Å². The zero-order valence-corrected chi connectivity index (χ0v) is 19.8. The number of phenolic OH excluding ortho intramolecular Hbond substituents is 1. The maximum absolute atomic E-state index is 13.3. The van der Waals surface area contributed by atoms with E-state index < -0.39 is 53.8 Å². The molecule has 12 nitrogen and oxygen atoms in total. The summed E-state index contributed by atoms with van der Waals surface area (Å²) in [6.45, 7) is 3.69. The number of hydrogen-bond donors (Lipinski definition) is 6. The van der Waals surface area contributed by atoms with E-state index in [0.29, 0.717) is 18.4 Å². The molecule has 0 bridgehead atoms. The molecule has 12 heteroatoms. The minimum absolute atomic E-state index is 0.00948. The number of carboxylic acid groups (broad SMARTS) is 1. The molecule has 1 aromatic carbocycles. The Labute approximate surface area is 203 Å². The van der Waals surface area contributed by atoms with Gasteiger partial charge in [-0.1, -0.05) is 26.0 Å². The number of hydrogen-bond acceptors (Lipinski definition) is 7. The van der Waals surface area contributed by atoms with Crippen LogP contribution in [0.25, 0.3) is 0 Å². The Morgan fingerprint density at radius 3 is 2.29 bits per heavy atom. The van der Waals surface area contributed by atoms with Crippen molar-refractivity contribution in [3.63, 3.8) is 0 Å². The second-order valence-corrected chi connectivity index (χ2v) is 8.97. The van der Waals surface area contributed by atoms with Gasteiger partial charge in [0.2, 0.25) is 23.6 Å². The Bertz CT molecular complexity index is 950. The molecule has 4 amide bonds. The van der Waals surface area contributed by atoms with Gasteiger partial charge < -0.3 is 37.2 Å². The van der Waals surface area contributed by atoms with E-state index in [2.05, 4.69) is 10.6 Å². The van der Waals surface area contributed by atoms with E-state index >= 15 is 0 Å². The number of likely N-dealkylation sites (tertiary alicyclic amines) is 1. The van der Waals surface area contributed by atoms with E-state index in [0.717, 1.165) is 0 Å². The van der Waals surface area contributed by atoms with Gasteiger partial charge >= 0.3 is 5.97 Å². The fraction of sp³-hybridized carbons (Fsp3) is 0.522. The van der Waals surface area contributed by atoms with Crippen LogP contribution in [-0.2, 0) is 30.4 Å². The number of carbonyl (C=O) groups is 5. The monoisotopic (exact) mass is 491 g/mol. The predicted molar refractivity (Wildman–Crippen MR) is 125 cm³/mol. The highest BCUT2D eigenvalue weighted by molar-refractivity contribution is 5.95. The molecule has 1 fully saturated rings. The summed E-state index contributed by atoms with van der Waals surface area (Å²) in [7, 11) is 0. The lowest BCUT2D eigenvalue weighted by Crippen LogP contribution is -2.58. The molecule has 0 spiro atoms. The van der Waals surface area contributed by atoms with Crippen molar-refractivity contribution in [3.8, 4) is 5.75 Å². The fourth-order valence-corrected chi connectivity index (χ4v) is 3.90. The average molecular weight is 492 g/mol. The molecular formula is C23H33N5O7. The Balaban J connectivity index is 2.11. The maximum atomic E-state index is 13.3. The lowest BCUT2D eigenvalue weighted by molar-refractivity contribution is -0.145. The largest absolute Gasteiger partial charge is 0.508 e. The third-order valence-corrected chi connectivity index (χ3v) is 5.82. The molecular weight excluding hydrogens is 458 g/mol. The molecule has 1 heterocycles. The summed E-state index contributed by atoms with van der Waals surface area (Å²) < 4.78 is 0. The minimum atomic E-state index is -1.24. The van der Waals surface area contributed by atoms with Crippen LogP contribution in [0.3, 0.4) is 0 Å². The zero-order valence-electron chi connectivity index (χ0n) is 19.8. The van der Waals surface area contributed by atoms with Crippen molar-refractivity contribution in [2.75, 3.05) is 6.54 Å². The van der Waals surface area contributed by atoms with Gasteiger partial charge in [-0.15, -0.1) is 0 Å². The third-order valence-electron chi connectivity index (χ3n) is 5.82. The Kier molecular flexibility index (Phi) is 9.58. The number of nitrogens with two attached hydrogens (primary N) is 2. The molecule has 35 heavy (non-hydrogen) atoms. The zero-order chi connectivity index (χ0) is 26.3. The second kappa shape index (κ2) is 12.2. The van der Waals surface area contributed by atoms with Gasteiger partial charge in [-0.05, 0) is 36.5 Å². The number of aromatic hydroxyl groups is 1. The first-order valence-corrected chi connectivity index (χ1v) is 11.4. The number of amides is 4. The van der Waals surface area contributed by atoms with Crippen LogP contribution in [0.5, 0.6) is 5.75 Å². The van der Waals surface area contributed by atoms with Gasteiger partial charge in [-0.2, -0.15) is 0 Å². The molecule has 1 aliphatic heterocycles. The first kappa shape index (κ1) is 27.6. The van der Waals surface area contributed by atoms with Crippen molar-refractivity contribution >= 4 is 29.6 Å². The number of carbonyl (C=O) groups excluding carboxylic acids is 4. The molecule has 192 valence electrons. The highest BCUT2D eigenvalue weighted by Crippen LogP contribution is 2.21. The van der Waals surface area contributed by atoms with Gasteiger partial charge in [0.1, 0.15) is 23.9 Å². The van der Waals surface area contributed by atoms with Crippen molar-refractivity contribution in [1.82, 2.24) is 15.5 Å². The number of aliphatic carboxylic acids is 1. The summed E-state index contributed by atoms with van der Waals surface area (Å²) >= 11 is 0. The first-order chi connectivity index (χ1) is 16.4. The molecule has 1 aliphatic rings. The molecule has 2 rings (SSSR count). The average Bonchev–Trinajstić information content (AvgIpc) is 3.27. The predicted octanol–water partition coefficient (Wildman–Crippen LogP) is -1.16. The number of nitrogens with zero attached hydrogens (tertiary/aromatic N) is 1. The first-order valence-electron chi connectivity index (χ1n) is 11.4. The summed E-state index contributed by atoms with van der Waals surface area (Å²) in [5.41, 5.74) is 11.4. The summed E-state index contributed by atoms with van der Waals surface area (Å²) in [6, 6.07) is 1.60. The van der Waals surface area contributed by atoms with Gasteiger partial charge in [-0.25, -0.2) is 4.79 Å². The quantitative estimate of drug-likeness (QED) is 0.222. The highest BCUT2D eigenvalue weighted by Gasteiger charge is 2.40. The van der Waals surface area contributed by atoms with Crippen molar-refractivity contribution < 1.29 is 34.2 Å². The number of phenols is 1. The summed E-state index contributed by atoms with van der Waals surface area (Å²) in [5, 5.41) is 24.0. The molecule has 0 radical (unpaired) electrons. The number of nitrogens with one attached hydrogen (secondary N) is 2. The van der Waals surface area contributed by atoms with Crippen LogP contribution in [0.15, 0.2) is 24.3 Å². The van der Waals surface area contributed by atoms with E-state index in [1.54, 1.807) is 26.0 Å². The van der Waals surface area contributed by atoms with Gasteiger partial charge in [0.15, 0.2) is 0 Å². The lowest BCUT2D eigenvalue weighted by Gasteiger charge is -2.31. The smallest absolute Gasteiger partial charge is 0.326 e. The number of primary amides is 1. The summed E-state index contributed by atoms with van der Waals surface area (Å²) in [4.78, 5) is 62.8.